The van der Waals surface area contributed by atoms with E-state index in [-0.39, 0.29) is 5.82 Å². The Morgan fingerprint density at radius 3 is 2.53 bits per heavy atom. The lowest BCUT2D eigenvalue weighted by Crippen LogP contribution is -2.00. The van der Waals surface area contributed by atoms with Crippen LogP contribution in [0.1, 0.15) is 16.8 Å². The summed E-state index contributed by atoms with van der Waals surface area (Å²) in [6.45, 7) is 1.36. The molecule has 0 saturated heterocycles. The van der Waals surface area contributed by atoms with Gasteiger partial charge in [-0.25, -0.2) is 14.1 Å². The van der Waals surface area contributed by atoms with Gasteiger partial charge in [-0.1, -0.05) is 84.1 Å². The monoisotopic (exact) mass is 474 g/mol. The third-order valence-corrected chi connectivity index (χ3v) is 6.19. The van der Waals surface area contributed by atoms with Gasteiger partial charge in [0.2, 0.25) is 0 Å². The molecule has 0 unspecified atom stereocenters. The molecule has 0 N–H and O–H groups in total. The number of ether oxygens (including phenoxy) is 1. The normalized spacial score (nSPS) is 11.4. The average Bonchev–Trinajstić information content (AvgIpc) is 3.36. The van der Waals surface area contributed by atoms with Crippen LogP contribution in [0.25, 0.3) is 32.9 Å². The molecule has 0 aliphatic rings. The number of halogens is 1. The summed E-state index contributed by atoms with van der Waals surface area (Å²) in [4.78, 5) is 4.94. The number of hydrogen-bond acceptors (Lipinski definition) is 4. The van der Waals surface area contributed by atoms with Gasteiger partial charge in [0, 0.05) is 16.3 Å². The first kappa shape index (κ1) is 22.1. The van der Waals surface area contributed by atoms with E-state index < -0.39 is 0 Å². The summed E-state index contributed by atoms with van der Waals surface area (Å²) in [5.41, 5.74) is 5.24. The van der Waals surface area contributed by atoms with Crippen LogP contribution < -0.4 is 0 Å². The van der Waals surface area contributed by atoms with E-state index in [1.54, 1.807) is 6.07 Å². The molecule has 0 amide bonds. The van der Waals surface area contributed by atoms with E-state index in [1.807, 2.05) is 53.3 Å². The first-order valence-corrected chi connectivity index (χ1v) is 11.8. The van der Waals surface area contributed by atoms with Gasteiger partial charge in [-0.05, 0) is 34.7 Å². The SMILES string of the molecule is Fc1cccc(-c2cc(COCc3cn(Cc4ccccc4)nn3)c3ccc4ccccc4c3n2)c1. The highest BCUT2D eigenvalue weighted by Gasteiger charge is 2.12. The van der Waals surface area contributed by atoms with Crippen molar-refractivity contribution in [3.63, 3.8) is 0 Å². The molecule has 0 atom stereocenters. The third kappa shape index (κ3) is 4.59. The smallest absolute Gasteiger partial charge is 0.123 e. The summed E-state index contributed by atoms with van der Waals surface area (Å²) in [6, 6.07) is 31.0. The molecule has 0 bridgehead atoms. The third-order valence-electron chi connectivity index (χ3n) is 6.19. The molecule has 176 valence electrons. The van der Waals surface area contributed by atoms with Crippen LogP contribution in [0, 0.1) is 5.82 Å². The highest BCUT2D eigenvalue weighted by molar-refractivity contribution is 6.06. The predicted molar refractivity (Wildman–Crippen MR) is 139 cm³/mol. The molecule has 6 heteroatoms. The Kier molecular flexibility index (Phi) is 5.93. The largest absolute Gasteiger partial charge is 0.370 e. The van der Waals surface area contributed by atoms with E-state index in [9.17, 15) is 4.39 Å². The van der Waals surface area contributed by atoms with Crippen LogP contribution in [0.2, 0.25) is 0 Å². The maximum atomic E-state index is 14.0. The summed E-state index contributed by atoms with van der Waals surface area (Å²) >= 11 is 0. The van der Waals surface area contributed by atoms with Crippen LogP contribution in [0.3, 0.4) is 0 Å². The van der Waals surface area contributed by atoms with Crippen molar-refractivity contribution in [3.8, 4) is 11.3 Å². The number of pyridine rings is 1. The van der Waals surface area contributed by atoms with Crippen LogP contribution in [-0.4, -0.2) is 20.0 Å². The lowest BCUT2D eigenvalue weighted by molar-refractivity contribution is 0.105. The van der Waals surface area contributed by atoms with Crippen LogP contribution in [0.5, 0.6) is 0 Å². The van der Waals surface area contributed by atoms with Crippen molar-refractivity contribution in [1.29, 1.82) is 0 Å². The van der Waals surface area contributed by atoms with Crippen LogP contribution in [0.4, 0.5) is 4.39 Å². The summed E-state index contributed by atoms with van der Waals surface area (Å²) < 4.78 is 21.9. The Hall–Kier alpha value is -4.42. The number of nitrogens with zero attached hydrogens (tertiary/aromatic N) is 4. The molecule has 6 rings (SSSR count). The summed E-state index contributed by atoms with van der Waals surface area (Å²) in [5, 5.41) is 11.7. The standard InChI is InChI=1S/C30H23FN4O/c31-25-11-6-10-23(15-25)29-16-24(28-14-13-22-9-4-5-12-27(22)30(28)32-29)19-36-20-26-18-35(34-33-26)17-21-7-2-1-3-8-21/h1-16,18H,17,19-20H2. The molecule has 2 aromatic heterocycles. The molecular formula is C30H23FN4O. The first-order valence-electron chi connectivity index (χ1n) is 11.8. The van der Waals surface area contributed by atoms with E-state index in [0.29, 0.717) is 25.5 Å². The average molecular weight is 475 g/mol. The van der Waals surface area contributed by atoms with Gasteiger partial charge in [-0.3, -0.25) is 0 Å². The predicted octanol–water partition coefficient (Wildman–Crippen LogP) is 6.55. The van der Waals surface area contributed by atoms with Crippen molar-refractivity contribution in [1.82, 2.24) is 20.0 Å². The van der Waals surface area contributed by atoms with E-state index in [2.05, 4.69) is 46.7 Å². The Morgan fingerprint density at radius 1 is 0.778 bits per heavy atom. The molecule has 6 aromatic rings. The molecule has 4 aromatic carbocycles. The molecule has 36 heavy (non-hydrogen) atoms. The second kappa shape index (κ2) is 9.68. The van der Waals surface area contributed by atoms with Gasteiger partial charge in [0.15, 0.2) is 0 Å². The molecule has 0 saturated carbocycles. The van der Waals surface area contributed by atoms with Gasteiger partial charge in [-0.2, -0.15) is 0 Å². The fourth-order valence-electron chi connectivity index (χ4n) is 4.46. The van der Waals surface area contributed by atoms with Gasteiger partial charge in [0.1, 0.15) is 11.5 Å². The minimum Gasteiger partial charge on any atom is -0.370 e. The Balaban J connectivity index is 1.29. The molecule has 5 nitrogen and oxygen atoms in total. The number of fused-ring (bicyclic) bond motifs is 3. The number of aromatic nitrogens is 4. The Labute approximate surface area is 207 Å². The molecule has 0 fully saturated rings. The number of rotatable bonds is 7. The van der Waals surface area contributed by atoms with E-state index >= 15 is 0 Å². The van der Waals surface area contributed by atoms with Crippen molar-refractivity contribution in [2.75, 3.05) is 0 Å². The van der Waals surface area contributed by atoms with Crippen molar-refractivity contribution < 1.29 is 9.13 Å². The Morgan fingerprint density at radius 2 is 1.64 bits per heavy atom. The van der Waals surface area contributed by atoms with Gasteiger partial charge < -0.3 is 4.74 Å². The van der Waals surface area contributed by atoms with Gasteiger partial charge in [0.05, 0.1) is 37.2 Å². The van der Waals surface area contributed by atoms with E-state index in [4.69, 9.17) is 9.72 Å². The lowest BCUT2D eigenvalue weighted by atomic mass is 10.0. The number of hydrogen-bond donors (Lipinski definition) is 0. The fourth-order valence-corrected chi connectivity index (χ4v) is 4.46. The van der Waals surface area contributed by atoms with Crippen molar-refractivity contribution in [2.45, 2.75) is 19.8 Å². The van der Waals surface area contributed by atoms with Gasteiger partial charge in [-0.15, -0.1) is 5.10 Å². The lowest BCUT2D eigenvalue weighted by Gasteiger charge is -2.12. The van der Waals surface area contributed by atoms with Crippen molar-refractivity contribution >= 4 is 21.7 Å². The minimum absolute atomic E-state index is 0.288. The van der Waals surface area contributed by atoms with E-state index in [1.165, 1.54) is 12.1 Å². The maximum Gasteiger partial charge on any atom is 0.123 e. The van der Waals surface area contributed by atoms with Gasteiger partial charge in [0.25, 0.3) is 0 Å². The van der Waals surface area contributed by atoms with Crippen molar-refractivity contribution in [2.24, 2.45) is 0 Å². The molecule has 0 aliphatic heterocycles. The topological polar surface area (TPSA) is 52.8 Å². The summed E-state index contributed by atoms with van der Waals surface area (Å²) in [7, 11) is 0. The zero-order chi connectivity index (χ0) is 24.3. The molecule has 0 spiro atoms. The quantitative estimate of drug-likeness (QED) is 0.246. The fraction of sp³-hybridized carbons (Fsp3) is 0.100. The highest BCUT2D eigenvalue weighted by Crippen LogP contribution is 2.31. The zero-order valence-electron chi connectivity index (χ0n) is 19.5. The van der Waals surface area contributed by atoms with Crippen molar-refractivity contribution in [3.05, 3.63) is 126 Å². The second-order valence-electron chi connectivity index (χ2n) is 8.75. The summed E-state index contributed by atoms with van der Waals surface area (Å²) in [6.07, 6.45) is 1.91. The van der Waals surface area contributed by atoms with Crippen LogP contribution >= 0.6 is 0 Å². The molecule has 2 heterocycles. The van der Waals surface area contributed by atoms with Gasteiger partial charge >= 0.3 is 0 Å². The highest BCUT2D eigenvalue weighted by atomic mass is 19.1. The molecule has 0 aliphatic carbocycles. The Bertz CT molecular complexity index is 1660. The minimum atomic E-state index is -0.288. The maximum absolute atomic E-state index is 14.0. The first-order chi connectivity index (χ1) is 17.7. The second-order valence-corrected chi connectivity index (χ2v) is 8.75. The molecular weight excluding hydrogens is 451 g/mol. The summed E-state index contributed by atoms with van der Waals surface area (Å²) in [5.74, 6) is -0.288. The number of benzene rings is 4. The molecule has 0 radical (unpaired) electrons. The zero-order valence-corrected chi connectivity index (χ0v) is 19.5. The van der Waals surface area contributed by atoms with Crippen LogP contribution in [0.15, 0.2) is 103 Å². The van der Waals surface area contributed by atoms with Crippen LogP contribution in [-0.2, 0) is 24.5 Å². The van der Waals surface area contributed by atoms with E-state index in [0.717, 1.165) is 44.1 Å².